The van der Waals surface area contributed by atoms with Gasteiger partial charge in [-0.2, -0.15) is 0 Å². The summed E-state index contributed by atoms with van der Waals surface area (Å²) in [7, 11) is 1.20. The van der Waals surface area contributed by atoms with Crippen molar-refractivity contribution in [2.45, 2.75) is 13.2 Å². The molecule has 0 atom stereocenters. The van der Waals surface area contributed by atoms with Gasteiger partial charge in [0.1, 0.15) is 12.2 Å². The Labute approximate surface area is 137 Å². The summed E-state index contributed by atoms with van der Waals surface area (Å²) in [4.78, 5) is 36.6. The number of hydrogen-bond donors (Lipinski definition) is 1. The summed E-state index contributed by atoms with van der Waals surface area (Å²) in [5, 5.41) is 2.67. The van der Waals surface area contributed by atoms with Crippen molar-refractivity contribution in [3.8, 4) is 5.75 Å². The van der Waals surface area contributed by atoms with Crippen LogP contribution in [0.3, 0.4) is 0 Å². The van der Waals surface area contributed by atoms with Crippen LogP contribution in [0.4, 0.5) is 0 Å². The Morgan fingerprint density at radius 2 is 2.00 bits per heavy atom. The van der Waals surface area contributed by atoms with Gasteiger partial charge in [-0.25, -0.2) is 4.79 Å². The number of benzene rings is 1. The Bertz CT molecular complexity index is 842. The van der Waals surface area contributed by atoms with Gasteiger partial charge in [-0.3, -0.25) is 9.59 Å². The van der Waals surface area contributed by atoms with Gasteiger partial charge in [0.15, 0.2) is 11.4 Å². The minimum Gasteiger partial charge on any atom is -0.483 e. The molecule has 0 saturated carbocycles. The molecule has 0 bridgehead atoms. The highest BCUT2D eigenvalue weighted by Crippen LogP contribution is 2.19. The molecule has 2 aromatic rings. The van der Waals surface area contributed by atoms with Crippen molar-refractivity contribution in [3.05, 3.63) is 63.6 Å². The predicted molar refractivity (Wildman–Crippen MR) is 85.1 cm³/mol. The van der Waals surface area contributed by atoms with Crippen LogP contribution in [0, 0.1) is 0 Å². The maximum atomic E-state index is 12.6. The molecule has 1 aromatic heterocycles. The molecule has 24 heavy (non-hydrogen) atoms. The lowest BCUT2D eigenvalue weighted by atomic mass is 10.1. The first-order valence-electron chi connectivity index (χ1n) is 7.42. The zero-order valence-electron chi connectivity index (χ0n) is 13.1. The molecule has 0 radical (unpaired) electrons. The number of methoxy groups -OCH3 is 1. The first-order chi connectivity index (χ1) is 11.6. The molecule has 1 aliphatic rings. The number of carbonyl (C=O) groups excluding carboxylic acids is 2. The largest absolute Gasteiger partial charge is 0.483 e. The molecular formula is C17H16N2O5. The minimum atomic E-state index is -0.758. The third kappa shape index (κ3) is 2.88. The molecule has 2 heterocycles. The number of esters is 1. The third-order valence-corrected chi connectivity index (χ3v) is 3.72. The van der Waals surface area contributed by atoms with Crippen LogP contribution in [0.1, 0.15) is 26.4 Å². The van der Waals surface area contributed by atoms with Gasteiger partial charge in [-0.05, 0) is 5.56 Å². The quantitative estimate of drug-likeness (QED) is 0.845. The summed E-state index contributed by atoms with van der Waals surface area (Å²) in [6.45, 7) is 0.960. The van der Waals surface area contributed by atoms with Gasteiger partial charge in [-0.15, -0.1) is 0 Å². The molecule has 1 N–H and O–H groups in total. The van der Waals surface area contributed by atoms with Crippen molar-refractivity contribution in [2.75, 3.05) is 13.7 Å². The number of nitrogens with one attached hydrogen (secondary N) is 1. The summed E-state index contributed by atoms with van der Waals surface area (Å²) < 4.78 is 11.8. The van der Waals surface area contributed by atoms with E-state index in [1.807, 2.05) is 30.3 Å². The second-order valence-electron chi connectivity index (χ2n) is 5.26. The monoisotopic (exact) mass is 328 g/mol. The van der Waals surface area contributed by atoms with Crippen LogP contribution in [0.15, 0.2) is 41.3 Å². The number of hydrogen-bond acceptors (Lipinski definition) is 5. The first-order valence-corrected chi connectivity index (χ1v) is 7.42. The van der Waals surface area contributed by atoms with Crippen LogP contribution in [-0.4, -0.2) is 30.1 Å². The fourth-order valence-electron chi connectivity index (χ4n) is 2.54. The van der Waals surface area contributed by atoms with Gasteiger partial charge < -0.3 is 19.4 Å². The number of pyridine rings is 1. The van der Waals surface area contributed by atoms with E-state index in [9.17, 15) is 14.4 Å². The van der Waals surface area contributed by atoms with E-state index in [-0.39, 0.29) is 23.6 Å². The van der Waals surface area contributed by atoms with E-state index >= 15 is 0 Å². The summed E-state index contributed by atoms with van der Waals surface area (Å²) in [5.41, 5.74) is 0.158. The SMILES string of the molecule is COC(=O)c1cn2c(c(OCc3ccccc3)c1=O)C(=O)NCC2. The van der Waals surface area contributed by atoms with Gasteiger partial charge >= 0.3 is 5.97 Å². The lowest BCUT2D eigenvalue weighted by molar-refractivity contribution is 0.0596. The van der Waals surface area contributed by atoms with Gasteiger partial charge in [0.05, 0.1) is 7.11 Å². The zero-order valence-corrected chi connectivity index (χ0v) is 13.1. The zero-order chi connectivity index (χ0) is 17.1. The summed E-state index contributed by atoms with van der Waals surface area (Å²) >= 11 is 0. The van der Waals surface area contributed by atoms with Crippen LogP contribution >= 0.6 is 0 Å². The van der Waals surface area contributed by atoms with Crippen LogP contribution < -0.4 is 15.5 Å². The van der Waals surface area contributed by atoms with Gasteiger partial charge in [0.25, 0.3) is 5.91 Å². The minimum absolute atomic E-state index is 0.112. The Balaban J connectivity index is 2.06. The molecule has 7 nitrogen and oxygen atoms in total. The molecular weight excluding hydrogens is 312 g/mol. The number of rotatable bonds is 4. The lowest BCUT2D eigenvalue weighted by Crippen LogP contribution is -2.39. The van der Waals surface area contributed by atoms with E-state index in [0.717, 1.165) is 5.56 Å². The van der Waals surface area contributed by atoms with Crippen molar-refractivity contribution in [2.24, 2.45) is 0 Å². The number of aromatic nitrogens is 1. The average molecular weight is 328 g/mol. The number of amides is 1. The maximum Gasteiger partial charge on any atom is 0.343 e. The fraction of sp³-hybridized carbons (Fsp3) is 0.235. The van der Waals surface area contributed by atoms with Gasteiger partial charge in [0.2, 0.25) is 5.43 Å². The molecule has 1 aromatic carbocycles. The molecule has 0 saturated heterocycles. The normalized spacial score (nSPS) is 13.0. The Hall–Kier alpha value is -3.09. The van der Waals surface area contributed by atoms with Crippen LogP contribution in [-0.2, 0) is 17.9 Å². The standard InChI is InChI=1S/C17H16N2O5/c1-23-17(22)12-9-19-8-7-18-16(21)13(19)15(14(12)20)24-10-11-5-3-2-4-6-11/h2-6,9H,7-8,10H2,1H3,(H,18,21). The smallest absolute Gasteiger partial charge is 0.343 e. The second kappa shape index (κ2) is 6.57. The van der Waals surface area contributed by atoms with E-state index in [2.05, 4.69) is 10.1 Å². The molecule has 1 aliphatic heterocycles. The van der Waals surface area contributed by atoms with Crippen LogP contribution in [0.5, 0.6) is 5.75 Å². The Kier molecular flexibility index (Phi) is 4.33. The number of ether oxygens (including phenoxy) is 2. The molecule has 1 amide bonds. The first kappa shape index (κ1) is 15.8. The molecule has 3 rings (SSSR count). The number of carbonyl (C=O) groups is 2. The predicted octanol–water partition coefficient (Wildman–Crippen LogP) is 0.957. The molecule has 124 valence electrons. The van der Waals surface area contributed by atoms with E-state index in [0.29, 0.717) is 13.1 Å². The molecule has 7 heteroatoms. The Morgan fingerprint density at radius 3 is 2.71 bits per heavy atom. The van der Waals surface area contributed by atoms with Crippen molar-refractivity contribution in [1.29, 1.82) is 0 Å². The van der Waals surface area contributed by atoms with Crippen molar-refractivity contribution in [1.82, 2.24) is 9.88 Å². The third-order valence-electron chi connectivity index (χ3n) is 3.72. The Morgan fingerprint density at radius 1 is 1.25 bits per heavy atom. The lowest BCUT2D eigenvalue weighted by Gasteiger charge is -2.22. The second-order valence-corrected chi connectivity index (χ2v) is 5.26. The van der Waals surface area contributed by atoms with E-state index in [1.54, 1.807) is 4.57 Å². The van der Waals surface area contributed by atoms with Gasteiger partial charge in [0, 0.05) is 19.3 Å². The summed E-state index contributed by atoms with van der Waals surface area (Å²) in [5.74, 6) is -1.30. The van der Waals surface area contributed by atoms with Crippen molar-refractivity contribution in [3.63, 3.8) is 0 Å². The topological polar surface area (TPSA) is 86.6 Å². The van der Waals surface area contributed by atoms with Crippen LogP contribution in [0.2, 0.25) is 0 Å². The highest BCUT2D eigenvalue weighted by molar-refractivity contribution is 5.97. The summed E-state index contributed by atoms with van der Waals surface area (Å²) in [6, 6.07) is 9.24. The fourth-order valence-corrected chi connectivity index (χ4v) is 2.54. The molecule has 0 spiro atoms. The molecule has 0 aliphatic carbocycles. The highest BCUT2D eigenvalue weighted by atomic mass is 16.5. The molecule has 0 unspecified atom stereocenters. The van der Waals surface area contributed by atoms with Crippen molar-refractivity contribution < 1.29 is 19.1 Å². The number of fused-ring (bicyclic) bond motifs is 1. The van der Waals surface area contributed by atoms with E-state index < -0.39 is 17.3 Å². The summed E-state index contributed by atoms with van der Waals surface area (Å²) in [6.07, 6.45) is 1.34. The van der Waals surface area contributed by atoms with Gasteiger partial charge in [-0.1, -0.05) is 30.3 Å². The van der Waals surface area contributed by atoms with E-state index in [1.165, 1.54) is 13.3 Å². The van der Waals surface area contributed by atoms with E-state index in [4.69, 9.17) is 4.74 Å². The molecule has 0 fully saturated rings. The highest BCUT2D eigenvalue weighted by Gasteiger charge is 2.27. The average Bonchev–Trinajstić information content (AvgIpc) is 2.61. The van der Waals surface area contributed by atoms with Crippen LogP contribution in [0.25, 0.3) is 0 Å². The maximum absolute atomic E-state index is 12.6. The van der Waals surface area contributed by atoms with Crippen molar-refractivity contribution >= 4 is 11.9 Å². The number of nitrogens with zero attached hydrogens (tertiary/aromatic N) is 1.